The number of nitrogens with one attached hydrogen (secondary N) is 3. The van der Waals surface area contributed by atoms with Crippen LogP contribution in [0.3, 0.4) is 0 Å². The SMILES string of the molecule is O=C(Nc1ccc(F)c(NC(=O)C(F)F)c1F)c1cccc(NC(=O)[C@H]2[C@H](c3ccc(Cl)c(Cl)c3)C2(Cl)Cl)c1. The molecule has 4 rings (SSSR count). The Kier molecular flexibility index (Phi) is 8.32. The van der Waals surface area contributed by atoms with E-state index in [1.54, 1.807) is 18.2 Å². The zero-order chi connectivity index (χ0) is 28.6. The van der Waals surface area contributed by atoms with Crippen molar-refractivity contribution in [3.63, 3.8) is 0 Å². The number of amides is 3. The molecule has 3 aromatic carbocycles. The van der Waals surface area contributed by atoms with Gasteiger partial charge in [-0.25, -0.2) is 8.78 Å². The molecule has 204 valence electrons. The van der Waals surface area contributed by atoms with E-state index in [0.717, 1.165) is 6.07 Å². The standard InChI is InChI=1S/C25H15Cl4F4N3O3/c26-13-5-4-10(9-14(13)27)17-18(25(17,28)29)23(38)34-12-3-1-2-11(8-12)22(37)35-16-7-6-15(30)20(19(16)31)36-24(39)21(32)33/h1-9,17-18,21H,(H,34,38)(H,35,37)(H,36,39)/t17-,18+/m0/s1. The quantitative estimate of drug-likeness (QED) is 0.192. The second-order valence-corrected chi connectivity index (χ2v) is 10.7. The summed E-state index contributed by atoms with van der Waals surface area (Å²) in [6.45, 7) is 0. The molecule has 3 amide bonds. The van der Waals surface area contributed by atoms with E-state index in [2.05, 4.69) is 10.6 Å². The highest BCUT2D eigenvalue weighted by Gasteiger charge is 2.67. The molecule has 0 spiro atoms. The van der Waals surface area contributed by atoms with Crippen molar-refractivity contribution in [3.8, 4) is 0 Å². The highest BCUT2D eigenvalue weighted by Crippen LogP contribution is 2.65. The largest absolute Gasteiger partial charge is 0.326 e. The minimum atomic E-state index is -3.52. The summed E-state index contributed by atoms with van der Waals surface area (Å²) in [5, 5.41) is 6.80. The third-order valence-electron chi connectivity index (χ3n) is 5.82. The Morgan fingerprint density at radius 1 is 0.872 bits per heavy atom. The van der Waals surface area contributed by atoms with Gasteiger partial charge in [0.1, 0.15) is 15.8 Å². The van der Waals surface area contributed by atoms with E-state index < -0.39 is 63.3 Å². The third kappa shape index (κ3) is 6.09. The second-order valence-electron chi connectivity index (χ2n) is 8.40. The van der Waals surface area contributed by atoms with Crippen molar-refractivity contribution >= 4 is 81.2 Å². The first-order chi connectivity index (χ1) is 18.3. The Morgan fingerprint density at radius 2 is 1.59 bits per heavy atom. The Labute approximate surface area is 238 Å². The van der Waals surface area contributed by atoms with Gasteiger partial charge in [-0.15, -0.1) is 23.2 Å². The summed E-state index contributed by atoms with van der Waals surface area (Å²) in [6.07, 6.45) is -3.52. The molecule has 0 bridgehead atoms. The maximum Gasteiger partial charge on any atom is 0.315 e. The molecular formula is C25H15Cl4F4N3O3. The molecular weight excluding hydrogens is 608 g/mol. The average Bonchev–Trinajstić information content (AvgIpc) is 3.46. The number of alkyl halides is 4. The molecule has 0 heterocycles. The topological polar surface area (TPSA) is 87.3 Å². The molecule has 0 unspecified atom stereocenters. The normalized spacial score (nSPS) is 17.5. The number of benzene rings is 3. The summed E-state index contributed by atoms with van der Waals surface area (Å²) in [6, 6.07) is 11.8. The molecule has 6 nitrogen and oxygen atoms in total. The van der Waals surface area contributed by atoms with Crippen molar-refractivity contribution in [3.05, 3.63) is 87.4 Å². The van der Waals surface area contributed by atoms with Gasteiger partial charge in [0.15, 0.2) is 5.82 Å². The Hall–Kier alpha value is -3.05. The van der Waals surface area contributed by atoms with E-state index in [9.17, 15) is 31.9 Å². The van der Waals surface area contributed by atoms with Gasteiger partial charge in [0, 0.05) is 17.2 Å². The van der Waals surface area contributed by atoms with E-state index in [-0.39, 0.29) is 16.3 Å². The molecule has 1 aliphatic carbocycles. The summed E-state index contributed by atoms with van der Waals surface area (Å²) in [5.74, 6) is -7.57. The van der Waals surface area contributed by atoms with Gasteiger partial charge in [0.25, 0.3) is 11.8 Å². The lowest BCUT2D eigenvalue weighted by atomic mass is 10.1. The van der Waals surface area contributed by atoms with Gasteiger partial charge in [-0.1, -0.05) is 35.3 Å². The van der Waals surface area contributed by atoms with Gasteiger partial charge in [0.05, 0.1) is 21.7 Å². The number of carbonyl (C=O) groups excluding carboxylic acids is 3. The van der Waals surface area contributed by atoms with Crippen LogP contribution in [0.4, 0.5) is 34.6 Å². The molecule has 0 saturated heterocycles. The van der Waals surface area contributed by atoms with Crippen LogP contribution in [-0.4, -0.2) is 28.5 Å². The van der Waals surface area contributed by atoms with E-state index in [1.807, 2.05) is 0 Å². The summed E-state index contributed by atoms with van der Waals surface area (Å²) in [4.78, 5) is 36.8. The molecule has 0 radical (unpaired) electrons. The van der Waals surface area contributed by atoms with Crippen LogP contribution in [0.15, 0.2) is 54.6 Å². The van der Waals surface area contributed by atoms with E-state index in [1.165, 1.54) is 29.6 Å². The minimum Gasteiger partial charge on any atom is -0.326 e. The van der Waals surface area contributed by atoms with Gasteiger partial charge in [-0.3, -0.25) is 14.4 Å². The molecule has 1 aliphatic rings. The number of anilines is 3. The fourth-order valence-corrected chi connectivity index (χ4v) is 5.00. The number of halogens is 8. The lowest BCUT2D eigenvalue weighted by Gasteiger charge is -2.12. The van der Waals surface area contributed by atoms with Crippen LogP contribution in [-0.2, 0) is 9.59 Å². The Bertz CT molecular complexity index is 1490. The number of hydrogen-bond acceptors (Lipinski definition) is 3. The molecule has 3 N–H and O–H groups in total. The van der Waals surface area contributed by atoms with Crippen LogP contribution < -0.4 is 16.0 Å². The molecule has 14 heteroatoms. The van der Waals surface area contributed by atoms with Crippen molar-refractivity contribution in [1.29, 1.82) is 0 Å². The van der Waals surface area contributed by atoms with Gasteiger partial charge < -0.3 is 16.0 Å². The Morgan fingerprint density at radius 3 is 2.26 bits per heavy atom. The van der Waals surface area contributed by atoms with Crippen LogP contribution >= 0.6 is 46.4 Å². The smallest absolute Gasteiger partial charge is 0.315 e. The third-order valence-corrected chi connectivity index (χ3v) is 7.50. The fourth-order valence-electron chi connectivity index (χ4n) is 3.87. The maximum atomic E-state index is 14.7. The van der Waals surface area contributed by atoms with Gasteiger partial charge in [-0.2, -0.15) is 8.78 Å². The summed E-state index contributed by atoms with van der Waals surface area (Å²) >= 11 is 24.7. The maximum absolute atomic E-state index is 14.7. The summed E-state index contributed by atoms with van der Waals surface area (Å²) < 4.78 is 52.1. The highest BCUT2D eigenvalue weighted by atomic mass is 35.5. The molecule has 1 saturated carbocycles. The van der Waals surface area contributed by atoms with Gasteiger partial charge >= 0.3 is 6.43 Å². The molecule has 3 aromatic rings. The lowest BCUT2D eigenvalue weighted by molar-refractivity contribution is -0.126. The van der Waals surface area contributed by atoms with Crippen molar-refractivity contribution < 1.29 is 31.9 Å². The Balaban J connectivity index is 1.47. The summed E-state index contributed by atoms with van der Waals surface area (Å²) in [7, 11) is 0. The zero-order valence-electron chi connectivity index (χ0n) is 19.2. The van der Waals surface area contributed by atoms with E-state index in [0.29, 0.717) is 16.7 Å². The van der Waals surface area contributed by atoms with Crippen LogP contribution in [0.25, 0.3) is 0 Å². The monoisotopic (exact) mass is 621 g/mol. The van der Waals surface area contributed by atoms with Crippen LogP contribution in [0.2, 0.25) is 10.0 Å². The zero-order valence-corrected chi connectivity index (χ0v) is 22.2. The number of hydrogen-bond donors (Lipinski definition) is 3. The number of rotatable bonds is 7. The van der Waals surface area contributed by atoms with Crippen molar-refractivity contribution in [1.82, 2.24) is 0 Å². The first kappa shape index (κ1) is 28.9. The van der Waals surface area contributed by atoms with Gasteiger partial charge in [-0.05, 0) is 48.0 Å². The fraction of sp³-hybridized carbons (Fsp3) is 0.160. The van der Waals surface area contributed by atoms with Crippen molar-refractivity contribution in [2.24, 2.45) is 5.92 Å². The second kappa shape index (κ2) is 11.2. The molecule has 1 fully saturated rings. The van der Waals surface area contributed by atoms with Crippen LogP contribution in [0, 0.1) is 17.6 Å². The van der Waals surface area contributed by atoms with E-state index in [4.69, 9.17) is 46.4 Å². The average molecular weight is 623 g/mol. The molecule has 0 aliphatic heterocycles. The minimum absolute atomic E-state index is 0.0467. The lowest BCUT2D eigenvalue weighted by Crippen LogP contribution is -2.22. The first-order valence-electron chi connectivity index (χ1n) is 10.9. The van der Waals surface area contributed by atoms with Crippen molar-refractivity contribution in [2.45, 2.75) is 16.7 Å². The predicted octanol–water partition coefficient (Wildman–Crippen LogP) is 7.25. The van der Waals surface area contributed by atoms with E-state index >= 15 is 0 Å². The summed E-state index contributed by atoms with van der Waals surface area (Å²) in [5.41, 5.74) is -0.994. The molecule has 2 atom stereocenters. The number of carbonyl (C=O) groups is 3. The molecule has 39 heavy (non-hydrogen) atoms. The van der Waals surface area contributed by atoms with Crippen LogP contribution in [0.5, 0.6) is 0 Å². The first-order valence-corrected chi connectivity index (χ1v) is 12.4. The highest BCUT2D eigenvalue weighted by molar-refractivity contribution is 6.53. The van der Waals surface area contributed by atoms with Gasteiger partial charge in [0.2, 0.25) is 5.91 Å². The van der Waals surface area contributed by atoms with Crippen molar-refractivity contribution in [2.75, 3.05) is 16.0 Å². The molecule has 0 aromatic heterocycles. The van der Waals surface area contributed by atoms with Crippen LogP contribution in [0.1, 0.15) is 21.8 Å². The predicted molar refractivity (Wildman–Crippen MR) is 141 cm³/mol.